The number of nitrogens with one attached hydrogen (secondary N) is 2. The molecule has 1 amide bonds. The lowest BCUT2D eigenvalue weighted by atomic mass is 10.0. The first-order valence-electron chi connectivity index (χ1n) is 6.59. The first-order chi connectivity index (χ1) is 9.10. The van der Waals surface area contributed by atoms with E-state index in [1.54, 1.807) is 0 Å². The molecule has 1 aliphatic heterocycles. The Hall–Kier alpha value is -1.36. The number of hydrogen-bond acceptors (Lipinski definition) is 4. The van der Waals surface area contributed by atoms with Gasteiger partial charge in [0.25, 0.3) is 0 Å². The summed E-state index contributed by atoms with van der Waals surface area (Å²) in [7, 11) is 0. The van der Waals surface area contributed by atoms with Gasteiger partial charge in [-0.15, -0.1) is 0 Å². The highest BCUT2D eigenvalue weighted by molar-refractivity contribution is 7.99. The number of carbonyl (C=O) groups excluding carboxylic acids is 1. The van der Waals surface area contributed by atoms with E-state index in [0.29, 0.717) is 11.7 Å². The number of carbonyl (C=O) groups is 1. The smallest absolute Gasteiger partial charge is 0.224 e. The average molecular weight is 279 g/mol. The molecule has 104 valence electrons. The topological polar surface area (TPSA) is 67.1 Å². The van der Waals surface area contributed by atoms with Crippen LogP contribution in [0, 0.1) is 0 Å². The monoisotopic (exact) mass is 279 g/mol. The van der Waals surface area contributed by atoms with Crippen LogP contribution in [0.1, 0.15) is 25.3 Å². The summed E-state index contributed by atoms with van der Waals surface area (Å²) in [6.07, 6.45) is 4.52. The van der Waals surface area contributed by atoms with Gasteiger partial charge in [0.2, 0.25) is 5.91 Å². The molecule has 0 radical (unpaired) electrons. The number of amides is 1. The van der Waals surface area contributed by atoms with Crippen LogP contribution >= 0.6 is 11.8 Å². The molecule has 0 saturated heterocycles. The molecule has 2 rings (SSSR count). The lowest BCUT2D eigenvalue weighted by molar-refractivity contribution is -0.116. The van der Waals surface area contributed by atoms with Crippen molar-refractivity contribution in [1.29, 1.82) is 0 Å². The molecular formula is C14H21N3OS. The van der Waals surface area contributed by atoms with Gasteiger partial charge in [-0.2, -0.15) is 11.8 Å². The first kappa shape index (κ1) is 14.1. The van der Waals surface area contributed by atoms with Crippen LogP contribution in [0.25, 0.3) is 0 Å². The van der Waals surface area contributed by atoms with Gasteiger partial charge in [-0.3, -0.25) is 4.79 Å². The highest BCUT2D eigenvalue weighted by Gasteiger charge is 2.16. The summed E-state index contributed by atoms with van der Waals surface area (Å²) in [5.41, 5.74) is 9.74. The summed E-state index contributed by atoms with van der Waals surface area (Å²) in [6.45, 7) is 3.10. The van der Waals surface area contributed by atoms with Crippen LogP contribution < -0.4 is 16.4 Å². The van der Waals surface area contributed by atoms with Crippen LogP contribution in [0.2, 0.25) is 0 Å². The molecule has 0 spiro atoms. The summed E-state index contributed by atoms with van der Waals surface area (Å²) >= 11 is 1.86. The highest BCUT2D eigenvalue weighted by Crippen LogP contribution is 2.31. The van der Waals surface area contributed by atoms with Crippen molar-refractivity contribution in [3.63, 3.8) is 0 Å². The van der Waals surface area contributed by atoms with Crippen LogP contribution in [0.15, 0.2) is 12.1 Å². The fourth-order valence-corrected chi connectivity index (χ4v) is 2.48. The van der Waals surface area contributed by atoms with Crippen molar-refractivity contribution in [3.05, 3.63) is 17.7 Å². The Morgan fingerprint density at radius 3 is 3.00 bits per heavy atom. The maximum Gasteiger partial charge on any atom is 0.224 e. The van der Waals surface area contributed by atoms with Gasteiger partial charge in [-0.05, 0) is 36.8 Å². The van der Waals surface area contributed by atoms with Crippen LogP contribution in [-0.2, 0) is 11.2 Å². The predicted octanol–water partition coefficient (Wildman–Crippen LogP) is 2.71. The van der Waals surface area contributed by atoms with E-state index >= 15 is 0 Å². The molecule has 4 nitrogen and oxygen atoms in total. The lowest BCUT2D eigenvalue weighted by Crippen LogP contribution is -2.19. The molecule has 1 atom stereocenters. The molecule has 1 aromatic carbocycles. The third-order valence-electron chi connectivity index (χ3n) is 3.44. The largest absolute Gasteiger partial charge is 0.397 e. The molecule has 0 bridgehead atoms. The number of anilines is 3. The van der Waals surface area contributed by atoms with E-state index < -0.39 is 0 Å². The summed E-state index contributed by atoms with van der Waals surface area (Å²) in [4.78, 5) is 11.4. The van der Waals surface area contributed by atoms with E-state index in [9.17, 15) is 4.79 Å². The molecule has 1 aromatic rings. The molecule has 4 N–H and O–H groups in total. The number of thioether (sulfide) groups is 1. The second-order valence-corrected chi connectivity index (χ2v) is 6.18. The van der Waals surface area contributed by atoms with Crippen molar-refractivity contribution < 1.29 is 4.79 Å². The average Bonchev–Trinajstić information content (AvgIpc) is 2.39. The third kappa shape index (κ3) is 3.56. The highest BCUT2D eigenvalue weighted by atomic mass is 32.2. The van der Waals surface area contributed by atoms with Gasteiger partial charge in [0.05, 0.1) is 11.4 Å². The zero-order valence-electron chi connectivity index (χ0n) is 11.5. The van der Waals surface area contributed by atoms with Gasteiger partial charge in [0.1, 0.15) is 0 Å². The molecule has 1 unspecified atom stereocenters. The van der Waals surface area contributed by atoms with Gasteiger partial charge in [0, 0.05) is 23.9 Å². The maximum atomic E-state index is 11.4. The lowest BCUT2D eigenvalue weighted by Gasteiger charge is -2.20. The minimum absolute atomic E-state index is 0.0826. The second-order valence-electron chi connectivity index (χ2n) is 4.91. The molecular weight excluding hydrogens is 258 g/mol. The zero-order valence-corrected chi connectivity index (χ0v) is 12.3. The molecule has 19 heavy (non-hydrogen) atoms. The van der Waals surface area contributed by atoms with Crippen molar-refractivity contribution in [3.8, 4) is 0 Å². The summed E-state index contributed by atoms with van der Waals surface area (Å²) in [5, 5.41) is 6.88. The maximum absolute atomic E-state index is 11.4. The van der Waals surface area contributed by atoms with Gasteiger partial charge in [-0.25, -0.2) is 0 Å². The van der Waals surface area contributed by atoms with Crippen molar-refractivity contribution >= 4 is 34.7 Å². The van der Waals surface area contributed by atoms with Crippen LogP contribution in [0.4, 0.5) is 17.1 Å². The number of nitrogens with two attached hydrogens (primary N) is 1. The standard InChI is InChI=1S/C14H21N3OS/c1-9(19-2)5-6-16-13-8-12-10(7-11(13)15)3-4-14(18)17-12/h7-9,16H,3-6,15H2,1-2H3,(H,17,18). The van der Waals surface area contributed by atoms with Gasteiger partial charge in [0.15, 0.2) is 0 Å². The van der Waals surface area contributed by atoms with E-state index in [-0.39, 0.29) is 5.91 Å². The van der Waals surface area contributed by atoms with Crippen LogP contribution in [0.5, 0.6) is 0 Å². The fraction of sp³-hybridized carbons (Fsp3) is 0.500. The minimum Gasteiger partial charge on any atom is -0.397 e. The normalized spacial score (nSPS) is 15.6. The molecule has 0 fully saturated rings. The van der Waals surface area contributed by atoms with E-state index in [1.165, 1.54) is 0 Å². The third-order valence-corrected chi connectivity index (χ3v) is 4.48. The van der Waals surface area contributed by atoms with Crippen molar-refractivity contribution in [2.24, 2.45) is 0 Å². The second kappa shape index (κ2) is 6.19. The Balaban J connectivity index is 2.05. The Morgan fingerprint density at radius 1 is 1.47 bits per heavy atom. The Bertz CT molecular complexity index is 476. The van der Waals surface area contributed by atoms with Crippen molar-refractivity contribution in [2.45, 2.75) is 31.4 Å². The zero-order chi connectivity index (χ0) is 13.8. The van der Waals surface area contributed by atoms with Gasteiger partial charge < -0.3 is 16.4 Å². The van der Waals surface area contributed by atoms with E-state index in [0.717, 1.165) is 42.0 Å². The number of aryl methyl sites for hydroxylation is 1. The van der Waals surface area contributed by atoms with E-state index in [1.807, 2.05) is 23.9 Å². The first-order valence-corrected chi connectivity index (χ1v) is 7.88. The summed E-state index contributed by atoms with van der Waals surface area (Å²) < 4.78 is 0. The minimum atomic E-state index is 0.0826. The Morgan fingerprint density at radius 2 is 2.26 bits per heavy atom. The fourth-order valence-electron chi connectivity index (χ4n) is 2.13. The Labute approximate surface area is 118 Å². The predicted molar refractivity (Wildman–Crippen MR) is 83.9 cm³/mol. The number of rotatable bonds is 5. The number of fused-ring (bicyclic) bond motifs is 1. The number of benzene rings is 1. The molecule has 1 aliphatic rings. The quantitative estimate of drug-likeness (QED) is 0.725. The molecule has 0 aromatic heterocycles. The summed E-state index contributed by atoms with van der Waals surface area (Å²) in [6, 6.07) is 3.92. The van der Waals surface area contributed by atoms with Crippen LogP contribution in [-0.4, -0.2) is 24.0 Å². The van der Waals surface area contributed by atoms with E-state index in [4.69, 9.17) is 5.73 Å². The van der Waals surface area contributed by atoms with E-state index in [2.05, 4.69) is 23.8 Å². The molecule has 1 heterocycles. The van der Waals surface area contributed by atoms with Crippen LogP contribution in [0.3, 0.4) is 0 Å². The number of nitrogen functional groups attached to an aromatic ring is 1. The number of hydrogen-bond donors (Lipinski definition) is 3. The molecule has 5 heteroatoms. The SMILES string of the molecule is CSC(C)CCNc1cc2c(cc1N)CCC(=O)N2. The van der Waals surface area contributed by atoms with Crippen molar-refractivity contribution in [1.82, 2.24) is 0 Å². The van der Waals surface area contributed by atoms with Gasteiger partial charge >= 0.3 is 0 Å². The summed E-state index contributed by atoms with van der Waals surface area (Å²) in [5.74, 6) is 0.0826. The molecule has 0 aliphatic carbocycles. The van der Waals surface area contributed by atoms with Gasteiger partial charge in [-0.1, -0.05) is 6.92 Å². The Kier molecular flexibility index (Phi) is 4.58. The molecule has 0 saturated carbocycles. The van der Waals surface area contributed by atoms with Crippen molar-refractivity contribution in [2.75, 3.05) is 29.2 Å².